The lowest BCUT2D eigenvalue weighted by atomic mass is 10.1. The second kappa shape index (κ2) is 8.72. The van der Waals surface area contributed by atoms with Crippen LogP contribution in [0.25, 0.3) is 0 Å². The monoisotopic (exact) mass is 278 g/mol. The zero-order valence-corrected chi connectivity index (χ0v) is 12.7. The number of aryl methyl sites for hydroxylation is 1. The molecule has 0 saturated carbocycles. The van der Waals surface area contributed by atoms with E-state index in [1.807, 2.05) is 32.0 Å². The van der Waals surface area contributed by atoms with E-state index in [4.69, 9.17) is 10.5 Å². The van der Waals surface area contributed by atoms with Crippen LogP contribution in [0.15, 0.2) is 30.3 Å². The molecule has 112 valence electrons. The van der Waals surface area contributed by atoms with Crippen molar-refractivity contribution in [2.24, 2.45) is 5.73 Å². The van der Waals surface area contributed by atoms with Crippen LogP contribution >= 0.6 is 0 Å². The van der Waals surface area contributed by atoms with Crippen molar-refractivity contribution in [3.05, 3.63) is 35.9 Å². The number of nitrogens with two attached hydrogens (primary N) is 1. The third-order valence-electron chi connectivity index (χ3n) is 3.16. The average molecular weight is 278 g/mol. The molecule has 0 aliphatic carbocycles. The third-order valence-corrected chi connectivity index (χ3v) is 3.16. The predicted octanol–water partition coefficient (Wildman–Crippen LogP) is 1.83. The fourth-order valence-corrected chi connectivity index (χ4v) is 1.91. The summed E-state index contributed by atoms with van der Waals surface area (Å²) in [6.45, 7) is 5.09. The van der Waals surface area contributed by atoms with Gasteiger partial charge in [-0.3, -0.25) is 4.79 Å². The number of hydrogen-bond donors (Lipinski definition) is 1. The molecular weight excluding hydrogens is 252 g/mol. The molecule has 0 fully saturated rings. The molecule has 4 nitrogen and oxygen atoms in total. The van der Waals surface area contributed by atoms with Crippen molar-refractivity contribution in [3.63, 3.8) is 0 Å². The van der Waals surface area contributed by atoms with Gasteiger partial charge in [0.25, 0.3) is 0 Å². The fraction of sp³-hybridized carbons (Fsp3) is 0.562. The van der Waals surface area contributed by atoms with Gasteiger partial charge in [0.2, 0.25) is 5.91 Å². The van der Waals surface area contributed by atoms with Crippen molar-refractivity contribution >= 4 is 5.91 Å². The maximum Gasteiger partial charge on any atom is 0.239 e. The van der Waals surface area contributed by atoms with E-state index < -0.39 is 6.04 Å². The van der Waals surface area contributed by atoms with E-state index in [0.29, 0.717) is 19.6 Å². The molecule has 1 aromatic rings. The Hall–Kier alpha value is -1.39. The SMILES string of the molecule is CC(C)OCCN(C)C(=O)C(N)CCc1ccccc1. The highest BCUT2D eigenvalue weighted by molar-refractivity contribution is 5.81. The number of ether oxygens (including phenoxy) is 1. The standard InChI is InChI=1S/C16H26N2O2/c1-13(2)20-12-11-18(3)16(19)15(17)10-9-14-7-5-4-6-8-14/h4-8,13,15H,9-12,17H2,1-3H3. The normalized spacial score (nSPS) is 12.4. The summed E-state index contributed by atoms with van der Waals surface area (Å²) in [4.78, 5) is 13.7. The van der Waals surface area contributed by atoms with Crippen LogP contribution in [0.5, 0.6) is 0 Å². The second-order valence-electron chi connectivity index (χ2n) is 5.31. The quantitative estimate of drug-likeness (QED) is 0.789. The van der Waals surface area contributed by atoms with Crippen LogP contribution in [0.2, 0.25) is 0 Å². The summed E-state index contributed by atoms with van der Waals surface area (Å²) in [7, 11) is 1.77. The smallest absolute Gasteiger partial charge is 0.239 e. The molecule has 0 bridgehead atoms. The summed E-state index contributed by atoms with van der Waals surface area (Å²) in [6, 6.07) is 9.64. The Morgan fingerprint density at radius 2 is 1.95 bits per heavy atom. The van der Waals surface area contributed by atoms with E-state index in [1.54, 1.807) is 11.9 Å². The topological polar surface area (TPSA) is 55.6 Å². The molecule has 1 atom stereocenters. The average Bonchev–Trinajstić information content (AvgIpc) is 2.44. The first-order valence-corrected chi connectivity index (χ1v) is 7.16. The molecule has 0 spiro atoms. The lowest BCUT2D eigenvalue weighted by Crippen LogP contribution is -2.43. The minimum absolute atomic E-state index is 0.0201. The number of hydrogen-bond acceptors (Lipinski definition) is 3. The number of benzene rings is 1. The molecule has 0 aliphatic heterocycles. The van der Waals surface area contributed by atoms with Gasteiger partial charge in [0.15, 0.2) is 0 Å². The molecule has 4 heteroatoms. The molecule has 0 saturated heterocycles. The first-order valence-electron chi connectivity index (χ1n) is 7.16. The van der Waals surface area contributed by atoms with E-state index >= 15 is 0 Å². The summed E-state index contributed by atoms with van der Waals surface area (Å²) in [5, 5.41) is 0. The summed E-state index contributed by atoms with van der Waals surface area (Å²) < 4.78 is 5.44. The predicted molar refractivity (Wildman–Crippen MR) is 81.5 cm³/mol. The Labute approximate surface area is 121 Å². The van der Waals surface area contributed by atoms with E-state index in [-0.39, 0.29) is 12.0 Å². The van der Waals surface area contributed by atoms with Gasteiger partial charge in [-0.15, -0.1) is 0 Å². The van der Waals surface area contributed by atoms with Crippen LogP contribution in [0.1, 0.15) is 25.8 Å². The third kappa shape index (κ3) is 6.17. The molecule has 1 aromatic carbocycles. The van der Waals surface area contributed by atoms with Gasteiger partial charge in [0.1, 0.15) is 0 Å². The molecular formula is C16H26N2O2. The zero-order valence-electron chi connectivity index (χ0n) is 12.7. The van der Waals surface area contributed by atoms with Crippen molar-refractivity contribution in [2.45, 2.75) is 38.8 Å². The number of rotatable bonds is 8. The summed E-state index contributed by atoms with van der Waals surface area (Å²) in [6.07, 6.45) is 1.67. The summed E-state index contributed by atoms with van der Waals surface area (Å²) >= 11 is 0. The van der Waals surface area contributed by atoms with Crippen LogP contribution in [-0.4, -0.2) is 43.2 Å². The van der Waals surface area contributed by atoms with E-state index in [0.717, 1.165) is 6.42 Å². The van der Waals surface area contributed by atoms with Crippen molar-refractivity contribution in [1.82, 2.24) is 4.90 Å². The number of carbonyl (C=O) groups is 1. The van der Waals surface area contributed by atoms with E-state index in [2.05, 4.69) is 12.1 Å². The zero-order chi connectivity index (χ0) is 15.0. The van der Waals surface area contributed by atoms with E-state index in [1.165, 1.54) is 5.56 Å². The van der Waals surface area contributed by atoms with Crippen molar-refractivity contribution in [3.8, 4) is 0 Å². The molecule has 2 N–H and O–H groups in total. The first-order chi connectivity index (χ1) is 9.50. The van der Waals surface area contributed by atoms with Crippen LogP contribution in [-0.2, 0) is 16.0 Å². The van der Waals surface area contributed by atoms with E-state index in [9.17, 15) is 4.79 Å². The highest BCUT2D eigenvalue weighted by Gasteiger charge is 2.17. The Kier molecular flexibility index (Phi) is 7.26. The molecule has 0 radical (unpaired) electrons. The Morgan fingerprint density at radius 3 is 2.55 bits per heavy atom. The highest BCUT2D eigenvalue weighted by Crippen LogP contribution is 2.05. The largest absolute Gasteiger partial charge is 0.377 e. The van der Waals surface area contributed by atoms with Crippen LogP contribution in [0.3, 0.4) is 0 Å². The van der Waals surface area contributed by atoms with Crippen molar-refractivity contribution in [1.29, 1.82) is 0 Å². The van der Waals surface area contributed by atoms with Gasteiger partial charge in [-0.25, -0.2) is 0 Å². The number of likely N-dealkylation sites (N-methyl/N-ethyl adjacent to an activating group) is 1. The molecule has 20 heavy (non-hydrogen) atoms. The van der Waals surface area contributed by atoms with Gasteiger partial charge in [0, 0.05) is 13.6 Å². The number of nitrogens with zero attached hydrogens (tertiary/aromatic N) is 1. The number of carbonyl (C=O) groups excluding carboxylic acids is 1. The summed E-state index contributed by atoms with van der Waals surface area (Å²) in [5.41, 5.74) is 7.18. The Morgan fingerprint density at radius 1 is 1.30 bits per heavy atom. The lowest BCUT2D eigenvalue weighted by molar-refractivity contribution is -0.132. The van der Waals surface area contributed by atoms with Gasteiger partial charge in [-0.2, -0.15) is 0 Å². The van der Waals surface area contributed by atoms with Crippen LogP contribution < -0.4 is 5.73 Å². The molecule has 1 unspecified atom stereocenters. The maximum absolute atomic E-state index is 12.1. The molecule has 0 heterocycles. The van der Waals surface area contributed by atoms with Crippen molar-refractivity contribution < 1.29 is 9.53 Å². The van der Waals surface area contributed by atoms with Crippen molar-refractivity contribution in [2.75, 3.05) is 20.2 Å². The molecule has 0 aliphatic rings. The minimum Gasteiger partial charge on any atom is -0.377 e. The van der Waals surface area contributed by atoms with Gasteiger partial charge in [-0.1, -0.05) is 30.3 Å². The number of amides is 1. The molecule has 1 rings (SSSR count). The molecule has 0 aromatic heterocycles. The van der Waals surface area contributed by atoms with Crippen LogP contribution in [0.4, 0.5) is 0 Å². The van der Waals surface area contributed by atoms with Gasteiger partial charge < -0.3 is 15.4 Å². The van der Waals surface area contributed by atoms with Crippen LogP contribution in [0, 0.1) is 0 Å². The summed E-state index contributed by atoms with van der Waals surface area (Å²) in [5.74, 6) is -0.0201. The lowest BCUT2D eigenvalue weighted by Gasteiger charge is -2.21. The first kappa shape index (κ1) is 16.7. The van der Waals surface area contributed by atoms with Gasteiger partial charge in [-0.05, 0) is 32.3 Å². The second-order valence-corrected chi connectivity index (χ2v) is 5.31. The van der Waals surface area contributed by atoms with Gasteiger partial charge >= 0.3 is 0 Å². The highest BCUT2D eigenvalue weighted by atomic mass is 16.5. The Balaban J connectivity index is 2.31. The fourth-order valence-electron chi connectivity index (χ4n) is 1.91. The van der Waals surface area contributed by atoms with Gasteiger partial charge in [0.05, 0.1) is 18.8 Å². The Bertz CT molecular complexity index is 393. The molecule has 1 amide bonds. The minimum atomic E-state index is -0.445. The maximum atomic E-state index is 12.1.